The molecule has 2 heterocycles. The summed E-state index contributed by atoms with van der Waals surface area (Å²) in [6.07, 6.45) is 3.18. The van der Waals surface area contributed by atoms with Crippen LogP contribution in [0.25, 0.3) is 22.2 Å². The Labute approximate surface area is 169 Å². The highest BCUT2D eigenvalue weighted by Gasteiger charge is 2.31. The molecule has 1 aliphatic rings. The van der Waals surface area contributed by atoms with E-state index in [0.29, 0.717) is 12.5 Å². The number of hydrogen-bond donors (Lipinski definition) is 0. The Morgan fingerprint density at radius 3 is 2.69 bits per heavy atom. The van der Waals surface area contributed by atoms with Crippen LogP contribution in [0.1, 0.15) is 31.4 Å². The summed E-state index contributed by atoms with van der Waals surface area (Å²) >= 11 is 0. The molecule has 3 aromatic carbocycles. The van der Waals surface area contributed by atoms with Gasteiger partial charge in [-0.15, -0.1) is 10.2 Å². The Kier molecular flexibility index (Phi) is 4.23. The lowest BCUT2D eigenvalue weighted by Gasteiger charge is -2.34. The van der Waals surface area contributed by atoms with Crippen LogP contribution in [0.2, 0.25) is 0 Å². The Hall–Kier alpha value is -3.34. The normalized spacial score (nSPS) is 15.0. The number of benzene rings is 3. The van der Waals surface area contributed by atoms with Gasteiger partial charge in [-0.25, -0.2) is 0 Å². The molecule has 0 aliphatic carbocycles. The second-order valence-corrected chi connectivity index (χ2v) is 7.96. The number of hydrogen-bond acceptors (Lipinski definition) is 5. The van der Waals surface area contributed by atoms with E-state index in [0.717, 1.165) is 51.8 Å². The van der Waals surface area contributed by atoms with E-state index in [9.17, 15) is 0 Å². The molecule has 146 valence electrons. The molecule has 29 heavy (non-hydrogen) atoms. The maximum absolute atomic E-state index is 6.44. The highest BCUT2D eigenvalue weighted by Crippen LogP contribution is 2.45. The van der Waals surface area contributed by atoms with E-state index in [4.69, 9.17) is 13.9 Å². The number of ether oxygens (including phenoxy) is 2. The lowest BCUT2D eigenvalue weighted by molar-refractivity contribution is 0.0870. The minimum Gasteiger partial charge on any atom is -0.488 e. The summed E-state index contributed by atoms with van der Waals surface area (Å²) in [5.74, 6) is 2.20. The van der Waals surface area contributed by atoms with E-state index in [1.165, 1.54) is 6.39 Å². The number of aromatic nitrogens is 2. The zero-order valence-electron chi connectivity index (χ0n) is 16.5. The molecule has 0 atom stereocenters. The Morgan fingerprint density at radius 1 is 1.03 bits per heavy atom. The Bertz CT molecular complexity index is 1150. The maximum Gasteiger partial charge on any atom is 0.247 e. The molecule has 5 nitrogen and oxygen atoms in total. The third-order valence-electron chi connectivity index (χ3n) is 5.38. The molecule has 0 saturated heterocycles. The summed E-state index contributed by atoms with van der Waals surface area (Å²) in [7, 11) is 0. The molecule has 0 bridgehead atoms. The topological polar surface area (TPSA) is 57.4 Å². The monoisotopic (exact) mass is 386 g/mol. The van der Waals surface area contributed by atoms with E-state index in [2.05, 4.69) is 48.3 Å². The first-order valence-electron chi connectivity index (χ1n) is 9.82. The van der Waals surface area contributed by atoms with Crippen molar-refractivity contribution in [1.82, 2.24) is 10.2 Å². The van der Waals surface area contributed by atoms with Gasteiger partial charge in [-0.1, -0.05) is 42.5 Å². The summed E-state index contributed by atoms with van der Waals surface area (Å²) in [5.41, 5.74) is 2.92. The maximum atomic E-state index is 6.44. The SMILES string of the molecule is CC1(C)CCc2c(-c3nnco3)cc3c(OCc4ccccc4)cccc3c2O1. The van der Waals surface area contributed by atoms with E-state index in [1.807, 2.05) is 30.3 Å². The molecular weight excluding hydrogens is 364 g/mol. The van der Waals surface area contributed by atoms with Crippen molar-refractivity contribution < 1.29 is 13.9 Å². The van der Waals surface area contributed by atoms with Gasteiger partial charge in [0.25, 0.3) is 0 Å². The lowest BCUT2D eigenvalue weighted by atomic mass is 9.88. The minimum absolute atomic E-state index is 0.228. The van der Waals surface area contributed by atoms with Crippen molar-refractivity contribution in [2.75, 3.05) is 0 Å². The van der Waals surface area contributed by atoms with E-state index in [1.54, 1.807) is 0 Å². The van der Waals surface area contributed by atoms with Crippen molar-refractivity contribution in [3.05, 3.63) is 72.1 Å². The first kappa shape index (κ1) is 17.7. The highest BCUT2D eigenvalue weighted by molar-refractivity contribution is 5.98. The molecule has 0 fully saturated rings. The molecule has 0 spiro atoms. The first-order valence-corrected chi connectivity index (χ1v) is 9.82. The van der Waals surface area contributed by atoms with Crippen LogP contribution < -0.4 is 9.47 Å². The van der Waals surface area contributed by atoms with Gasteiger partial charge in [0, 0.05) is 21.9 Å². The van der Waals surface area contributed by atoms with Crippen LogP contribution in [0.5, 0.6) is 11.5 Å². The van der Waals surface area contributed by atoms with Gasteiger partial charge < -0.3 is 13.9 Å². The average molecular weight is 386 g/mol. The smallest absolute Gasteiger partial charge is 0.247 e. The number of rotatable bonds is 4. The van der Waals surface area contributed by atoms with E-state index >= 15 is 0 Å². The Morgan fingerprint density at radius 2 is 1.90 bits per heavy atom. The lowest BCUT2D eigenvalue weighted by Crippen LogP contribution is -2.33. The van der Waals surface area contributed by atoms with Crippen LogP contribution in [0.4, 0.5) is 0 Å². The van der Waals surface area contributed by atoms with Crippen LogP contribution in [0, 0.1) is 0 Å². The standard InChI is InChI=1S/C24H22N2O3/c1-24(2)12-11-18-20(23-26-25-15-28-23)13-19-17(22(18)29-24)9-6-10-21(19)27-14-16-7-4-3-5-8-16/h3-10,13,15H,11-12,14H2,1-2H3. The van der Waals surface area contributed by atoms with Gasteiger partial charge in [-0.2, -0.15) is 0 Å². The van der Waals surface area contributed by atoms with Gasteiger partial charge >= 0.3 is 0 Å². The van der Waals surface area contributed by atoms with Gasteiger partial charge in [0.15, 0.2) is 0 Å². The summed E-state index contributed by atoms with van der Waals surface area (Å²) in [5, 5.41) is 10.0. The predicted octanol–water partition coefficient (Wildman–Crippen LogP) is 5.57. The molecule has 0 amide bonds. The summed E-state index contributed by atoms with van der Waals surface area (Å²) in [6.45, 7) is 4.74. The second kappa shape index (κ2) is 6.92. The molecule has 1 aromatic heterocycles. The average Bonchev–Trinajstić information content (AvgIpc) is 3.26. The highest BCUT2D eigenvalue weighted by atomic mass is 16.5. The van der Waals surface area contributed by atoms with Gasteiger partial charge in [-0.3, -0.25) is 0 Å². The quantitative estimate of drug-likeness (QED) is 0.459. The van der Waals surface area contributed by atoms with Crippen molar-refractivity contribution in [2.24, 2.45) is 0 Å². The van der Waals surface area contributed by atoms with E-state index in [-0.39, 0.29) is 5.60 Å². The summed E-state index contributed by atoms with van der Waals surface area (Å²) in [6, 6.07) is 18.3. The molecule has 5 heteroatoms. The number of fused-ring (bicyclic) bond motifs is 3. The second-order valence-electron chi connectivity index (χ2n) is 7.96. The van der Waals surface area contributed by atoms with Crippen molar-refractivity contribution in [1.29, 1.82) is 0 Å². The van der Waals surface area contributed by atoms with Crippen LogP contribution in [0.3, 0.4) is 0 Å². The van der Waals surface area contributed by atoms with Crippen molar-refractivity contribution >= 4 is 10.8 Å². The minimum atomic E-state index is -0.228. The largest absolute Gasteiger partial charge is 0.488 e. The van der Waals surface area contributed by atoms with Crippen LogP contribution in [-0.2, 0) is 13.0 Å². The first-order chi connectivity index (χ1) is 14.1. The predicted molar refractivity (Wildman–Crippen MR) is 111 cm³/mol. The number of nitrogens with zero attached hydrogens (tertiary/aromatic N) is 2. The molecule has 5 rings (SSSR count). The molecule has 0 N–H and O–H groups in total. The molecule has 4 aromatic rings. The van der Waals surface area contributed by atoms with Crippen molar-refractivity contribution in [2.45, 2.75) is 38.9 Å². The molecule has 1 aliphatic heterocycles. The van der Waals surface area contributed by atoms with Gasteiger partial charge in [0.2, 0.25) is 12.3 Å². The fourth-order valence-corrected chi connectivity index (χ4v) is 3.87. The summed E-state index contributed by atoms with van der Waals surface area (Å²) in [4.78, 5) is 0. The van der Waals surface area contributed by atoms with Crippen molar-refractivity contribution in [3.8, 4) is 23.0 Å². The van der Waals surface area contributed by atoms with E-state index < -0.39 is 0 Å². The van der Waals surface area contributed by atoms with Crippen molar-refractivity contribution in [3.63, 3.8) is 0 Å². The third kappa shape index (κ3) is 3.33. The van der Waals surface area contributed by atoms with Crippen LogP contribution >= 0.6 is 0 Å². The summed E-state index contributed by atoms with van der Waals surface area (Å²) < 4.78 is 18.2. The fraction of sp³-hybridized carbons (Fsp3) is 0.250. The zero-order valence-corrected chi connectivity index (χ0v) is 16.5. The molecular formula is C24H22N2O3. The fourth-order valence-electron chi connectivity index (χ4n) is 3.87. The third-order valence-corrected chi connectivity index (χ3v) is 5.38. The molecule has 0 unspecified atom stereocenters. The molecule has 0 saturated carbocycles. The van der Waals surface area contributed by atoms with Crippen LogP contribution in [0.15, 0.2) is 65.4 Å². The van der Waals surface area contributed by atoms with Crippen LogP contribution in [-0.4, -0.2) is 15.8 Å². The van der Waals surface area contributed by atoms with Gasteiger partial charge in [0.1, 0.15) is 23.7 Å². The zero-order chi connectivity index (χ0) is 19.8. The van der Waals surface area contributed by atoms with Gasteiger partial charge in [0.05, 0.1) is 0 Å². The van der Waals surface area contributed by atoms with Gasteiger partial charge in [-0.05, 0) is 44.4 Å². The molecule has 0 radical (unpaired) electrons. The Balaban J connectivity index is 1.65.